The monoisotopic (exact) mass is 415 g/mol. The fourth-order valence-corrected chi connectivity index (χ4v) is 3.53. The van der Waals surface area contributed by atoms with Crippen molar-refractivity contribution in [3.8, 4) is 11.5 Å². The highest BCUT2D eigenvalue weighted by Crippen LogP contribution is 2.37. The Bertz CT molecular complexity index is 1020. The number of halogens is 2. The van der Waals surface area contributed by atoms with Crippen LogP contribution in [-0.2, 0) is 0 Å². The zero-order valence-electron chi connectivity index (χ0n) is 16.0. The molecular formula is C21H21ClFN4O2. The molecule has 0 aliphatic carbocycles. The van der Waals surface area contributed by atoms with Crippen LogP contribution in [-0.4, -0.2) is 41.2 Å². The van der Waals surface area contributed by atoms with E-state index in [2.05, 4.69) is 22.3 Å². The largest absolute Gasteiger partial charge is 0.497 e. The minimum absolute atomic E-state index is 0.0337. The number of benzene rings is 2. The van der Waals surface area contributed by atoms with Gasteiger partial charge in [0.1, 0.15) is 35.6 Å². The summed E-state index contributed by atoms with van der Waals surface area (Å²) in [4.78, 5) is 10.8. The van der Waals surface area contributed by atoms with Gasteiger partial charge in [-0.05, 0) is 31.0 Å². The molecule has 1 aliphatic heterocycles. The molecule has 0 amide bonds. The third kappa shape index (κ3) is 4.36. The predicted octanol–water partition coefficient (Wildman–Crippen LogP) is 4.81. The predicted molar refractivity (Wildman–Crippen MR) is 111 cm³/mol. The molecule has 2 heterocycles. The number of anilines is 2. The molecule has 3 aromatic rings. The second kappa shape index (κ2) is 8.39. The molecule has 0 saturated carbocycles. The number of hydrogen-bond donors (Lipinski definition) is 1. The lowest BCUT2D eigenvalue weighted by Gasteiger charge is -2.29. The minimum Gasteiger partial charge on any atom is -0.497 e. The number of fused-ring (bicyclic) bond motifs is 1. The molecule has 0 atom stereocenters. The first kappa shape index (κ1) is 19.7. The summed E-state index contributed by atoms with van der Waals surface area (Å²) >= 11 is 5.91. The van der Waals surface area contributed by atoms with Crippen LogP contribution in [0.5, 0.6) is 11.5 Å². The van der Waals surface area contributed by atoms with Gasteiger partial charge in [0.25, 0.3) is 0 Å². The van der Waals surface area contributed by atoms with Crippen molar-refractivity contribution in [2.24, 2.45) is 0 Å². The molecule has 1 aromatic heterocycles. The number of aromatic nitrogens is 2. The molecule has 2 aromatic carbocycles. The Morgan fingerprint density at radius 2 is 2.00 bits per heavy atom. The van der Waals surface area contributed by atoms with Crippen LogP contribution in [0.25, 0.3) is 10.9 Å². The van der Waals surface area contributed by atoms with Crippen LogP contribution in [0.3, 0.4) is 0 Å². The summed E-state index contributed by atoms with van der Waals surface area (Å²) in [6.07, 6.45) is 3.29. The molecule has 0 unspecified atom stereocenters. The van der Waals surface area contributed by atoms with Gasteiger partial charge in [-0.15, -0.1) is 0 Å². The quantitative estimate of drug-likeness (QED) is 0.645. The van der Waals surface area contributed by atoms with Crippen molar-refractivity contribution >= 4 is 34.0 Å². The second-order valence-electron chi connectivity index (χ2n) is 6.93. The Hall–Kier alpha value is -2.64. The highest BCUT2D eigenvalue weighted by molar-refractivity contribution is 6.31. The molecule has 6 nitrogen and oxygen atoms in total. The van der Waals surface area contributed by atoms with E-state index in [1.165, 1.54) is 18.5 Å². The first-order valence-electron chi connectivity index (χ1n) is 9.30. The molecule has 4 rings (SSSR count). The molecule has 1 aliphatic rings. The van der Waals surface area contributed by atoms with E-state index in [0.717, 1.165) is 31.3 Å². The van der Waals surface area contributed by atoms with Crippen LogP contribution < -0.4 is 14.8 Å². The SMILES string of the molecule is [CH2]N1CCC(Oc2cc(OC)cc3ncnc(Nc4ccc(F)c(Cl)c4)c23)CC1. The Morgan fingerprint density at radius 3 is 2.72 bits per heavy atom. The summed E-state index contributed by atoms with van der Waals surface area (Å²) in [6.45, 7) is 1.75. The number of methoxy groups -OCH3 is 1. The van der Waals surface area contributed by atoms with E-state index in [-0.39, 0.29) is 11.1 Å². The van der Waals surface area contributed by atoms with Crippen LogP contribution in [0.2, 0.25) is 5.02 Å². The fraction of sp³-hybridized carbons (Fsp3) is 0.286. The van der Waals surface area contributed by atoms with Crippen LogP contribution in [0.1, 0.15) is 12.8 Å². The minimum atomic E-state index is -0.477. The molecule has 8 heteroatoms. The first-order chi connectivity index (χ1) is 14.0. The smallest absolute Gasteiger partial charge is 0.145 e. The normalized spacial score (nSPS) is 15.4. The highest BCUT2D eigenvalue weighted by atomic mass is 35.5. The number of nitrogens with one attached hydrogen (secondary N) is 1. The maximum absolute atomic E-state index is 13.5. The van der Waals surface area contributed by atoms with Crippen LogP contribution in [0.4, 0.5) is 15.9 Å². The third-order valence-electron chi connectivity index (χ3n) is 4.92. The van der Waals surface area contributed by atoms with Crippen molar-refractivity contribution in [3.63, 3.8) is 0 Å². The van der Waals surface area contributed by atoms with Crippen molar-refractivity contribution in [2.75, 3.05) is 25.5 Å². The number of ether oxygens (including phenoxy) is 2. The van der Waals surface area contributed by atoms with E-state index >= 15 is 0 Å². The average molecular weight is 416 g/mol. The van der Waals surface area contributed by atoms with Gasteiger partial charge in [-0.1, -0.05) is 11.6 Å². The van der Waals surface area contributed by atoms with Crippen molar-refractivity contribution in [1.29, 1.82) is 0 Å². The Morgan fingerprint density at radius 1 is 1.21 bits per heavy atom. The summed E-state index contributed by atoms with van der Waals surface area (Å²) in [6, 6.07) is 8.08. The number of rotatable bonds is 5. The molecule has 1 saturated heterocycles. The van der Waals surface area contributed by atoms with Gasteiger partial charge in [-0.25, -0.2) is 14.4 Å². The molecular weight excluding hydrogens is 395 g/mol. The van der Waals surface area contributed by atoms with Gasteiger partial charge in [0, 0.05) is 38.0 Å². The van der Waals surface area contributed by atoms with Gasteiger partial charge in [0.05, 0.1) is 23.0 Å². The van der Waals surface area contributed by atoms with Crippen molar-refractivity contribution < 1.29 is 13.9 Å². The van der Waals surface area contributed by atoms with Crippen LogP contribution in [0.15, 0.2) is 36.7 Å². The van der Waals surface area contributed by atoms with E-state index in [4.69, 9.17) is 21.1 Å². The highest BCUT2D eigenvalue weighted by Gasteiger charge is 2.21. The standard InChI is InChI=1S/C21H21ClFN4O2/c1-27-7-5-14(6-8-27)29-19-11-15(28-2)10-18-20(19)21(25-12-24-18)26-13-3-4-17(23)16(22)9-13/h3-4,9-12,14H,1,5-8H2,2H3,(H,24,25,26). The summed E-state index contributed by atoms with van der Waals surface area (Å²) in [5.41, 5.74) is 1.29. The van der Waals surface area contributed by atoms with Gasteiger partial charge in [-0.2, -0.15) is 0 Å². The number of piperidine rings is 1. The molecule has 1 fully saturated rings. The lowest BCUT2D eigenvalue weighted by molar-refractivity contribution is 0.123. The molecule has 0 spiro atoms. The summed E-state index contributed by atoms with van der Waals surface area (Å²) in [5, 5.41) is 3.96. The zero-order chi connectivity index (χ0) is 20.4. The topological polar surface area (TPSA) is 59.5 Å². The fourth-order valence-electron chi connectivity index (χ4n) is 3.35. The molecule has 29 heavy (non-hydrogen) atoms. The van der Waals surface area contributed by atoms with Crippen molar-refractivity contribution in [1.82, 2.24) is 14.9 Å². The number of hydrogen-bond acceptors (Lipinski definition) is 6. The van der Waals surface area contributed by atoms with Crippen molar-refractivity contribution in [3.05, 3.63) is 54.5 Å². The second-order valence-corrected chi connectivity index (χ2v) is 7.34. The maximum Gasteiger partial charge on any atom is 0.145 e. The summed E-state index contributed by atoms with van der Waals surface area (Å²) in [5.74, 6) is 1.36. The average Bonchev–Trinajstić information content (AvgIpc) is 2.72. The third-order valence-corrected chi connectivity index (χ3v) is 5.21. The van der Waals surface area contributed by atoms with Gasteiger partial charge < -0.3 is 19.7 Å². The Kier molecular flexibility index (Phi) is 5.69. The zero-order valence-corrected chi connectivity index (χ0v) is 16.7. The lowest BCUT2D eigenvalue weighted by Crippen LogP contribution is -2.34. The van der Waals surface area contributed by atoms with E-state index in [1.54, 1.807) is 13.2 Å². The Labute approximate surface area is 173 Å². The molecule has 151 valence electrons. The molecule has 1 N–H and O–H groups in total. The lowest BCUT2D eigenvalue weighted by atomic mass is 10.1. The molecule has 0 bridgehead atoms. The van der Waals surface area contributed by atoms with E-state index in [1.807, 2.05) is 17.0 Å². The van der Waals surface area contributed by atoms with Crippen LogP contribution >= 0.6 is 11.6 Å². The summed E-state index contributed by atoms with van der Waals surface area (Å²) < 4.78 is 25.3. The first-order valence-corrected chi connectivity index (χ1v) is 9.68. The van der Waals surface area contributed by atoms with E-state index in [9.17, 15) is 4.39 Å². The van der Waals surface area contributed by atoms with Gasteiger partial charge in [0.15, 0.2) is 0 Å². The summed E-state index contributed by atoms with van der Waals surface area (Å²) in [7, 11) is 5.59. The number of nitrogens with zero attached hydrogens (tertiary/aromatic N) is 3. The Balaban J connectivity index is 1.73. The maximum atomic E-state index is 13.5. The van der Waals surface area contributed by atoms with E-state index < -0.39 is 5.82 Å². The number of likely N-dealkylation sites (tertiary alicyclic amines) is 1. The van der Waals surface area contributed by atoms with Gasteiger partial charge in [0.2, 0.25) is 0 Å². The van der Waals surface area contributed by atoms with Crippen molar-refractivity contribution in [2.45, 2.75) is 18.9 Å². The molecule has 1 radical (unpaired) electrons. The van der Waals surface area contributed by atoms with E-state index in [0.29, 0.717) is 28.5 Å². The van der Waals surface area contributed by atoms with Gasteiger partial charge >= 0.3 is 0 Å². The van der Waals surface area contributed by atoms with Crippen LogP contribution in [0, 0.1) is 12.9 Å². The van der Waals surface area contributed by atoms with Gasteiger partial charge in [-0.3, -0.25) is 0 Å².